The molecular formula is C10H14N6O2S. The predicted octanol–water partition coefficient (Wildman–Crippen LogP) is 0.207. The summed E-state index contributed by atoms with van der Waals surface area (Å²) in [5.41, 5.74) is 6.26. The molecule has 8 nitrogen and oxygen atoms in total. The van der Waals surface area contributed by atoms with Crippen LogP contribution in [0.2, 0.25) is 0 Å². The minimum atomic E-state index is -3.86. The SMILES string of the molecule is CC(Nc1ccc(N)cc1S(N)(=O)=O)c1ncn[nH]1. The van der Waals surface area contributed by atoms with Crippen molar-refractivity contribution in [3.05, 3.63) is 30.4 Å². The summed E-state index contributed by atoms with van der Waals surface area (Å²) in [5, 5.41) is 14.6. The normalized spacial score (nSPS) is 13.2. The lowest BCUT2D eigenvalue weighted by molar-refractivity contribution is 0.598. The van der Waals surface area contributed by atoms with Crippen LogP contribution in [0.3, 0.4) is 0 Å². The fraction of sp³-hybridized carbons (Fsp3) is 0.200. The van der Waals surface area contributed by atoms with Crippen LogP contribution < -0.4 is 16.2 Å². The summed E-state index contributed by atoms with van der Waals surface area (Å²) in [6, 6.07) is 4.20. The summed E-state index contributed by atoms with van der Waals surface area (Å²) in [7, 11) is -3.86. The summed E-state index contributed by atoms with van der Waals surface area (Å²) in [6.07, 6.45) is 1.37. The zero-order valence-corrected chi connectivity index (χ0v) is 11.0. The van der Waals surface area contributed by atoms with Crippen LogP contribution in [0.15, 0.2) is 29.4 Å². The number of H-pyrrole nitrogens is 1. The third kappa shape index (κ3) is 3.01. The fourth-order valence-electron chi connectivity index (χ4n) is 1.62. The Kier molecular flexibility index (Phi) is 3.40. The van der Waals surface area contributed by atoms with Crippen molar-refractivity contribution in [2.75, 3.05) is 11.1 Å². The van der Waals surface area contributed by atoms with Gasteiger partial charge in [-0.15, -0.1) is 0 Å². The van der Waals surface area contributed by atoms with E-state index in [9.17, 15) is 8.42 Å². The number of nitrogens with two attached hydrogens (primary N) is 2. The van der Waals surface area contributed by atoms with Gasteiger partial charge in [0.15, 0.2) is 0 Å². The molecule has 9 heteroatoms. The van der Waals surface area contributed by atoms with Crippen molar-refractivity contribution in [2.45, 2.75) is 17.9 Å². The Balaban J connectivity index is 2.35. The maximum Gasteiger partial charge on any atom is 0.240 e. The van der Waals surface area contributed by atoms with Crippen LogP contribution in [-0.4, -0.2) is 23.6 Å². The molecule has 0 spiro atoms. The average Bonchev–Trinajstić information content (AvgIpc) is 2.83. The summed E-state index contributed by atoms with van der Waals surface area (Å²) < 4.78 is 23.0. The quantitative estimate of drug-likeness (QED) is 0.591. The molecule has 0 saturated heterocycles. The van der Waals surface area contributed by atoms with Gasteiger partial charge in [0.05, 0.1) is 11.7 Å². The minimum Gasteiger partial charge on any atom is -0.399 e. The number of hydrogen-bond acceptors (Lipinski definition) is 6. The molecule has 0 amide bonds. The molecule has 1 atom stereocenters. The van der Waals surface area contributed by atoms with Crippen molar-refractivity contribution in [1.29, 1.82) is 0 Å². The van der Waals surface area contributed by atoms with Crippen molar-refractivity contribution in [2.24, 2.45) is 5.14 Å². The van der Waals surface area contributed by atoms with Crippen LogP contribution in [0.4, 0.5) is 11.4 Å². The van der Waals surface area contributed by atoms with E-state index in [-0.39, 0.29) is 10.9 Å². The summed E-state index contributed by atoms with van der Waals surface area (Å²) in [5.74, 6) is 0.581. The first-order chi connectivity index (χ1) is 8.88. The maximum absolute atomic E-state index is 11.5. The van der Waals surface area contributed by atoms with Crippen molar-refractivity contribution >= 4 is 21.4 Å². The monoisotopic (exact) mass is 282 g/mol. The largest absolute Gasteiger partial charge is 0.399 e. The summed E-state index contributed by atoms with van der Waals surface area (Å²) >= 11 is 0. The molecule has 2 rings (SSSR count). The zero-order valence-electron chi connectivity index (χ0n) is 10.2. The van der Waals surface area contributed by atoms with Gasteiger partial charge in [-0.1, -0.05) is 0 Å². The van der Waals surface area contributed by atoms with E-state index < -0.39 is 10.0 Å². The molecule has 0 aliphatic rings. The first kappa shape index (κ1) is 13.3. The first-order valence-electron chi connectivity index (χ1n) is 5.42. The molecule has 102 valence electrons. The van der Waals surface area contributed by atoms with Gasteiger partial charge < -0.3 is 11.1 Å². The molecule has 6 N–H and O–H groups in total. The number of nitrogens with one attached hydrogen (secondary N) is 2. The Morgan fingerprint density at radius 1 is 1.42 bits per heavy atom. The molecule has 19 heavy (non-hydrogen) atoms. The van der Waals surface area contributed by atoms with Crippen LogP contribution in [0, 0.1) is 0 Å². The number of anilines is 2. The smallest absolute Gasteiger partial charge is 0.240 e. The Labute approximate surface area is 110 Å². The number of rotatable bonds is 4. The highest BCUT2D eigenvalue weighted by atomic mass is 32.2. The third-order valence-electron chi connectivity index (χ3n) is 2.53. The van der Waals surface area contributed by atoms with Gasteiger partial charge in [0.1, 0.15) is 17.0 Å². The van der Waals surface area contributed by atoms with Gasteiger partial charge in [-0.05, 0) is 25.1 Å². The molecule has 1 aromatic carbocycles. The molecule has 0 aliphatic heterocycles. The third-order valence-corrected chi connectivity index (χ3v) is 3.48. The second-order valence-corrected chi connectivity index (χ2v) is 5.57. The van der Waals surface area contributed by atoms with E-state index in [2.05, 4.69) is 20.5 Å². The first-order valence-corrected chi connectivity index (χ1v) is 6.96. The van der Waals surface area contributed by atoms with Gasteiger partial charge in [0.2, 0.25) is 10.0 Å². The van der Waals surface area contributed by atoms with Crippen molar-refractivity contribution in [1.82, 2.24) is 15.2 Å². The van der Waals surface area contributed by atoms with E-state index in [4.69, 9.17) is 10.9 Å². The number of hydrogen-bond donors (Lipinski definition) is 4. The number of sulfonamides is 1. The highest BCUT2D eigenvalue weighted by molar-refractivity contribution is 7.89. The van der Waals surface area contributed by atoms with Crippen molar-refractivity contribution in [3.8, 4) is 0 Å². The lowest BCUT2D eigenvalue weighted by Crippen LogP contribution is -2.17. The molecule has 1 unspecified atom stereocenters. The van der Waals surface area contributed by atoms with Gasteiger partial charge >= 0.3 is 0 Å². The van der Waals surface area contributed by atoms with Gasteiger partial charge in [-0.3, -0.25) is 5.10 Å². The molecule has 0 fully saturated rings. The zero-order chi connectivity index (χ0) is 14.0. The van der Waals surface area contributed by atoms with Crippen LogP contribution in [0.1, 0.15) is 18.8 Å². The molecule has 0 saturated carbocycles. The van der Waals surface area contributed by atoms with Gasteiger partial charge in [-0.2, -0.15) is 5.10 Å². The number of aromatic nitrogens is 3. The Morgan fingerprint density at radius 2 is 2.16 bits per heavy atom. The number of nitrogen functional groups attached to an aromatic ring is 1. The standard InChI is InChI=1S/C10H14N6O2S/c1-6(10-13-5-14-16-10)15-8-3-2-7(11)4-9(8)19(12,17)18/h2-6,15H,11H2,1H3,(H2,12,17,18)(H,13,14,16). The van der Waals surface area contributed by atoms with Crippen LogP contribution >= 0.6 is 0 Å². The highest BCUT2D eigenvalue weighted by Crippen LogP contribution is 2.25. The van der Waals surface area contributed by atoms with Crippen LogP contribution in [0.25, 0.3) is 0 Å². The topological polar surface area (TPSA) is 140 Å². The fourth-order valence-corrected chi connectivity index (χ4v) is 2.35. The molecule has 0 radical (unpaired) electrons. The molecule has 1 heterocycles. The van der Waals surface area contributed by atoms with Crippen molar-refractivity contribution in [3.63, 3.8) is 0 Å². The summed E-state index contributed by atoms with van der Waals surface area (Å²) in [4.78, 5) is 3.93. The van der Waals surface area contributed by atoms with E-state index in [1.807, 2.05) is 6.92 Å². The highest BCUT2D eigenvalue weighted by Gasteiger charge is 2.17. The lowest BCUT2D eigenvalue weighted by Gasteiger charge is -2.15. The van der Waals surface area contributed by atoms with Gasteiger partial charge in [-0.25, -0.2) is 18.5 Å². The van der Waals surface area contributed by atoms with E-state index in [1.54, 1.807) is 12.1 Å². The van der Waals surface area contributed by atoms with Crippen molar-refractivity contribution < 1.29 is 8.42 Å². The average molecular weight is 282 g/mol. The number of primary sulfonamides is 1. The lowest BCUT2D eigenvalue weighted by atomic mass is 10.2. The van der Waals surface area contributed by atoms with Crippen LogP contribution in [0.5, 0.6) is 0 Å². The molecular weight excluding hydrogens is 268 g/mol. The Hall–Kier alpha value is -2.13. The number of aromatic amines is 1. The van der Waals surface area contributed by atoms with Crippen LogP contribution in [-0.2, 0) is 10.0 Å². The van der Waals surface area contributed by atoms with E-state index in [1.165, 1.54) is 12.4 Å². The second kappa shape index (κ2) is 4.86. The van der Waals surface area contributed by atoms with E-state index in [0.29, 0.717) is 17.2 Å². The maximum atomic E-state index is 11.5. The second-order valence-electron chi connectivity index (χ2n) is 4.04. The minimum absolute atomic E-state index is 0.0566. The summed E-state index contributed by atoms with van der Waals surface area (Å²) in [6.45, 7) is 1.81. The molecule has 1 aromatic heterocycles. The van der Waals surface area contributed by atoms with E-state index >= 15 is 0 Å². The Morgan fingerprint density at radius 3 is 2.74 bits per heavy atom. The number of benzene rings is 1. The Bertz CT molecular complexity index is 667. The van der Waals surface area contributed by atoms with Gasteiger partial charge in [0, 0.05) is 5.69 Å². The van der Waals surface area contributed by atoms with Gasteiger partial charge in [0.25, 0.3) is 0 Å². The molecule has 0 bridgehead atoms. The molecule has 0 aliphatic carbocycles. The molecule has 2 aromatic rings. The predicted molar refractivity (Wildman–Crippen MR) is 70.6 cm³/mol. The van der Waals surface area contributed by atoms with E-state index in [0.717, 1.165) is 0 Å². The number of nitrogens with zero attached hydrogens (tertiary/aromatic N) is 2.